The Bertz CT molecular complexity index is 538. The summed E-state index contributed by atoms with van der Waals surface area (Å²) in [6.07, 6.45) is 10.6. The molecule has 0 radical (unpaired) electrons. The van der Waals surface area contributed by atoms with Crippen LogP contribution < -0.4 is 0 Å². The minimum atomic E-state index is 0.0495. The third-order valence-electron chi connectivity index (χ3n) is 7.02. The fourth-order valence-electron chi connectivity index (χ4n) is 6.08. The zero-order valence-electron chi connectivity index (χ0n) is 14.3. The van der Waals surface area contributed by atoms with E-state index in [4.69, 9.17) is 4.99 Å². The van der Waals surface area contributed by atoms with Crippen molar-refractivity contribution in [1.82, 2.24) is 0 Å². The van der Waals surface area contributed by atoms with Crippen molar-refractivity contribution < 1.29 is 9.59 Å². The summed E-state index contributed by atoms with van der Waals surface area (Å²) >= 11 is 0. The zero-order chi connectivity index (χ0) is 16.0. The van der Waals surface area contributed by atoms with Crippen LogP contribution in [-0.2, 0) is 9.59 Å². The molecule has 1 aliphatic heterocycles. The molecule has 1 heterocycles. The highest BCUT2D eigenvalue weighted by Gasteiger charge is 2.53. The van der Waals surface area contributed by atoms with Crippen LogP contribution in [0.1, 0.15) is 71.1 Å². The zero-order valence-corrected chi connectivity index (χ0v) is 14.3. The van der Waals surface area contributed by atoms with Crippen molar-refractivity contribution in [1.29, 1.82) is 0 Å². The van der Waals surface area contributed by atoms with Gasteiger partial charge in [-0.25, -0.2) is 0 Å². The van der Waals surface area contributed by atoms with E-state index in [1.165, 1.54) is 37.8 Å². The summed E-state index contributed by atoms with van der Waals surface area (Å²) in [5.74, 6) is 2.53. The summed E-state index contributed by atoms with van der Waals surface area (Å²) in [5, 5.41) is 0. The van der Waals surface area contributed by atoms with E-state index in [0.717, 1.165) is 19.3 Å². The van der Waals surface area contributed by atoms with Crippen LogP contribution in [0.5, 0.6) is 0 Å². The number of Topliss-reactive ketones (excluding diaryl/α,β-unsaturated/α-hetero) is 2. The van der Waals surface area contributed by atoms with Gasteiger partial charge in [0.15, 0.2) is 0 Å². The molecule has 4 aliphatic rings. The minimum Gasteiger partial charge on any atom is -0.299 e. The highest BCUT2D eigenvalue weighted by molar-refractivity contribution is 5.93. The van der Waals surface area contributed by atoms with Gasteiger partial charge in [-0.3, -0.25) is 14.6 Å². The fraction of sp³-hybridized carbons (Fsp3) is 0.850. The molecule has 3 saturated carbocycles. The number of fused-ring (bicyclic) bond motifs is 3. The topological polar surface area (TPSA) is 46.5 Å². The lowest BCUT2D eigenvalue weighted by molar-refractivity contribution is -0.137. The van der Waals surface area contributed by atoms with Crippen molar-refractivity contribution in [2.75, 3.05) is 0 Å². The number of carbonyl (C=O) groups excluding carboxylic acids is 2. The standard InChI is InChI=1S/C20H29NO2/c1-12-5-4-6-14(21-12)9-13-10-18(22)17-11-19(23)15-7-2-3-8-16(15)20(13)17/h12-13,15-17,20H,2-11H2,1H3/t12-,13-,15+,16+,17-,20-/m1/s1. The minimum absolute atomic E-state index is 0.0495. The second-order valence-electron chi connectivity index (χ2n) is 8.48. The molecule has 0 bridgehead atoms. The van der Waals surface area contributed by atoms with Crippen LogP contribution in [-0.4, -0.2) is 23.3 Å². The van der Waals surface area contributed by atoms with Crippen molar-refractivity contribution in [3.05, 3.63) is 0 Å². The van der Waals surface area contributed by atoms with Crippen LogP contribution in [0.2, 0.25) is 0 Å². The monoisotopic (exact) mass is 315 g/mol. The smallest absolute Gasteiger partial charge is 0.137 e. The Morgan fingerprint density at radius 1 is 0.957 bits per heavy atom. The maximum atomic E-state index is 12.6. The summed E-state index contributed by atoms with van der Waals surface area (Å²) in [4.78, 5) is 29.9. The molecule has 0 spiro atoms. The van der Waals surface area contributed by atoms with E-state index < -0.39 is 0 Å². The SMILES string of the molecule is C[C@@H]1CCCC(C[C@@H]2CC(=O)[C@H]3CC(=O)[C@H]4CCCC[C@@H]4[C@@H]23)=N1. The number of ketones is 2. The molecular weight excluding hydrogens is 286 g/mol. The van der Waals surface area contributed by atoms with Gasteiger partial charge in [0.2, 0.25) is 0 Å². The summed E-state index contributed by atoms with van der Waals surface area (Å²) in [6, 6.07) is 0.460. The fourth-order valence-corrected chi connectivity index (χ4v) is 6.08. The Balaban J connectivity index is 1.56. The number of aliphatic imine (C=N–C) groups is 1. The molecule has 0 amide bonds. The van der Waals surface area contributed by atoms with Gasteiger partial charge >= 0.3 is 0 Å². The molecule has 126 valence electrons. The van der Waals surface area contributed by atoms with Gasteiger partial charge < -0.3 is 0 Å². The summed E-state index contributed by atoms with van der Waals surface area (Å²) in [6.45, 7) is 2.21. The van der Waals surface area contributed by atoms with Gasteiger partial charge in [0.1, 0.15) is 11.6 Å². The van der Waals surface area contributed by atoms with E-state index in [1.54, 1.807) is 0 Å². The van der Waals surface area contributed by atoms with Crippen LogP contribution in [0, 0.1) is 29.6 Å². The van der Waals surface area contributed by atoms with Crippen molar-refractivity contribution in [2.45, 2.75) is 77.2 Å². The van der Waals surface area contributed by atoms with Gasteiger partial charge in [-0.05, 0) is 63.2 Å². The number of hydrogen-bond acceptors (Lipinski definition) is 3. The molecule has 0 aromatic heterocycles. The molecule has 23 heavy (non-hydrogen) atoms. The van der Waals surface area contributed by atoms with Gasteiger partial charge in [-0.2, -0.15) is 0 Å². The predicted molar refractivity (Wildman–Crippen MR) is 90.5 cm³/mol. The van der Waals surface area contributed by atoms with E-state index in [1.807, 2.05) is 0 Å². The molecule has 0 saturated heterocycles. The van der Waals surface area contributed by atoms with E-state index >= 15 is 0 Å². The van der Waals surface area contributed by atoms with E-state index in [9.17, 15) is 9.59 Å². The third kappa shape index (κ3) is 2.81. The quantitative estimate of drug-likeness (QED) is 0.773. The molecule has 3 nitrogen and oxygen atoms in total. The van der Waals surface area contributed by atoms with Crippen LogP contribution in [0.25, 0.3) is 0 Å². The first-order valence-corrected chi connectivity index (χ1v) is 9.74. The molecule has 3 heteroatoms. The average molecular weight is 315 g/mol. The van der Waals surface area contributed by atoms with Crippen LogP contribution >= 0.6 is 0 Å². The summed E-state index contributed by atoms with van der Waals surface area (Å²) in [5.41, 5.74) is 1.35. The molecule has 0 N–H and O–H groups in total. The van der Waals surface area contributed by atoms with E-state index in [-0.39, 0.29) is 11.8 Å². The second kappa shape index (κ2) is 6.14. The second-order valence-corrected chi connectivity index (χ2v) is 8.48. The Hall–Kier alpha value is -0.990. The van der Waals surface area contributed by atoms with Gasteiger partial charge in [0, 0.05) is 36.4 Å². The molecular formula is C20H29NO2. The predicted octanol–water partition coefficient (Wildman–Crippen LogP) is 3.99. The highest BCUT2D eigenvalue weighted by atomic mass is 16.1. The lowest BCUT2D eigenvalue weighted by Gasteiger charge is -2.43. The molecule has 0 aromatic rings. The summed E-state index contributed by atoms with van der Waals surface area (Å²) < 4.78 is 0. The van der Waals surface area contributed by atoms with E-state index in [2.05, 4.69) is 6.92 Å². The van der Waals surface area contributed by atoms with Crippen molar-refractivity contribution in [2.24, 2.45) is 34.6 Å². The number of nitrogens with zero attached hydrogens (tertiary/aromatic N) is 1. The first-order chi connectivity index (χ1) is 11.1. The number of carbonyl (C=O) groups is 2. The van der Waals surface area contributed by atoms with Crippen molar-refractivity contribution >= 4 is 17.3 Å². The molecule has 4 rings (SSSR count). The number of hydrogen-bond donors (Lipinski definition) is 0. The Morgan fingerprint density at radius 2 is 1.74 bits per heavy atom. The Kier molecular flexibility index (Phi) is 4.15. The third-order valence-corrected chi connectivity index (χ3v) is 7.02. The van der Waals surface area contributed by atoms with E-state index in [0.29, 0.717) is 48.2 Å². The average Bonchev–Trinajstić information content (AvgIpc) is 2.84. The normalized spacial score (nSPS) is 43.8. The van der Waals surface area contributed by atoms with Crippen molar-refractivity contribution in [3.8, 4) is 0 Å². The first kappa shape index (κ1) is 15.5. The lowest BCUT2D eigenvalue weighted by atomic mass is 9.59. The van der Waals surface area contributed by atoms with Gasteiger partial charge in [0.05, 0.1) is 0 Å². The molecule has 3 aliphatic carbocycles. The molecule has 6 atom stereocenters. The lowest BCUT2D eigenvalue weighted by Crippen LogP contribution is -2.43. The Morgan fingerprint density at radius 3 is 2.57 bits per heavy atom. The van der Waals surface area contributed by atoms with Gasteiger partial charge in [-0.1, -0.05) is 12.8 Å². The maximum absolute atomic E-state index is 12.6. The Labute approximate surface area is 139 Å². The highest BCUT2D eigenvalue weighted by Crippen LogP contribution is 2.53. The summed E-state index contributed by atoms with van der Waals surface area (Å²) in [7, 11) is 0. The largest absolute Gasteiger partial charge is 0.299 e. The van der Waals surface area contributed by atoms with Crippen LogP contribution in [0.4, 0.5) is 0 Å². The molecule has 0 unspecified atom stereocenters. The molecule has 0 aromatic carbocycles. The maximum Gasteiger partial charge on any atom is 0.137 e. The number of rotatable bonds is 2. The van der Waals surface area contributed by atoms with Crippen LogP contribution in [0.3, 0.4) is 0 Å². The molecule has 3 fully saturated rings. The van der Waals surface area contributed by atoms with Crippen LogP contribution in [0.15, 0.2) is 4.99 Å². The van der Waals surface area contributed by atoms with Gasteiger partial charge in [-0.15, -0.1) is 0 Å². The van der Waals surface area contributed by atoms with Crippen molar-refractivity contribution in [3.63, 3.8) is 0 Å². The first-order valence-electron chi connectivity index (χ1n) is 9.74. The van der Waals surface area contributed by atoms with Gasteiger partial charge in [0.25, 0.3) is 0 Å².